The largest absolute Gasteiger partial charge is 0.378 e. The second kappa shape index (κ2) is 8.20. The average molecular weight is 397 g/mol. The molecule has 0 bridgehead atoms. The van der Waals surface area contributed by atoms with E-state index in [1.54, 1.807) is 11.7 Å². The maximum Gasteiger partial charge on any atom is 0.278 e. The van der Waals surface area contributed by atoms with Crippen molar-refractivity contribution in [1.29, 1.82) is 0 Å². The van der Waals surface area contributed by atoms with Gasteiger partial charge < -0.3 is 14.5 Å². The molecule has 0 spiro atoms. The minimum absolute atomic E-state index is 0.177. The number of nitrogens with zero attached hydrogens (tertiary/aromatic N) is 6. The number of hydrogen-bond donors (Lipinski definition) is 1. The van der Waals surface area contributed by atoms with E-state index in [0.29, 0.717) is 23.5 Å². The summed E-state index contributed by atoms with van der Waals surface area (Å²) in [6.07, 6.45) is 1.74. The number of aromatic nitrogens is 5. The number of nitrogens with one attached hydrogen (secondary N) is 1. The standard InChI is InChI=1S/C20H27N7O2/c1-4-6-15-17-18(26(3)24-15)19(28)23-20(22-17)25(2)13-14-7-5-8-16(21-14)27-9-11-29-12-10-27/h5,7-8H,4,6,9-13H2,1-3H3,(H,22,23,28). The highest BCUT2D eigenvalue weighted by atomic mass is 16.5. The van der Waals surface area contributed by atoms with Gasteiger partial charge in [0.15, 0.2) is 5.52 Å². The summed E-state index contributed by atoms with van der Waals surface area (Å²) in [4.78, 5) is 29.2. The molecule has 0 saturated carbocycles. The SMILES string of the molecule is CCCc1nn(C)c2c(=O)[nH]c(N(C)Cc3cccc(N4CCOCC4)n3)nc12. The third kappa shape index (κ3) is 3.95. The van der Waals surface area contributed by atoms with E-state index >= 15 is 0 Å². The minimum Gasteiger partial charge on any atom is -0.378 e. The topological polar surface area (TPSA) is 92.2 Å². The van der Waals surface area contributed by atoms with Crippen LogP contribution in [0.1, 0.15) is 24.7 Å². The summed E-state index contributed by atoms with van der Waals surface area (Å²) in [7, 11) is 3.69. The number of aryl methyl sites for hydroxylation is 2. The number of pyridine rings is 1. The first-order chi connectivity index (χ1) is 14.1. The molecule has 1 N–H and O–H groups in total. The van der Waals surface area contributed by atoms with E-state index in [4.69, 9.17) is 14.7 Å². The number of aromatic amines is 1. The smallest absolute Gasteiger partial charge is 0.278 e. The van der Waals surface area contributed by atoms with Gasteiger partial charge in [0.1, 0.15) is 11.3 Å². The monoisotopic (exact) mass is 397 g/mol. The average Bonchev–Trinajstić information content (AvgIpc) is 3.05. The van der Waals surface area contributed by atoms with Crippen LogP contribution in [0.15, 0.2) is 23.0 Å². The number of ether oxygens (including phenoxy) is 1. The normalized spacial score (nSPS) is 14.5. The van der Waals surface area contributed by atoms with Crippen molar-refractivity contribution < 1.29 is 4.74 Å². The summed E-state index contributed by atoms with van der Waals surface area (Å²) >= 11 is 0. The fourth-order valence-electron chi connectivity index (χ4n) is 3.66. The van der Waals surface area contributed by atoms with Crippen LogP contribution in [-0.4, -0.2) is 58.1 Å². The minimum atomic E-state index is -0.177. The van der Waals surface area contributed by atoms with Crippen molar-refractivity contribution in [1.82, 2.24) is 24.7 Å². The molecule has 1 saturated heterocycles. The Bertz CT molecular complexity index is 1050. The van der Waals surface area contributed by atoms with Gasteiger partial charge in [-0.3, -0.25) is 14.5 Å². The van der Waals surface area contributed by atoms with Crippen LogP contribution in [0, 0.1) is 0 Å². The van der Waals surface area contributed by atoms with Crippen molar-refractivity contribution in [2.24, 2.45) is 7.05 Å². The summed E-state index contributed by atoms with van der Waals surface area (Å²) < 4.78 is 7.04. The number of H-pyrrole nitrogens is 1. The Labute approximate surface area is 169 Å². The summed E-state index contributed by atoms with van der Waals surface area (Å²) in [6, 6.07) is 6.03. The molecule has 0 amide bonds. The second-order valence-electron chi connectivity index (χ2n) is 7.35. The molecule has 0 atom stereocenters. The molecule has 154 valence electrons. The molecular formula is C20H27N7O2. The van der Waals surface area contributed by atoms with Gasteiger partial charge in [0.25, 0.3) is 5.56 Å². The van der Waals surface area contributed by atoms with Gasteiger partial charge in [-0.2, -0.15) is 5.10 Å². The molecule has 9 heteroatoms. The molecule has 9 nitrogen and oxygen atoms in total. The lowest BCUT2D eigenvalue weighted by Gasteiger charge is -2.28. The maximum atomic E-state index is 12.6. The van der Waals surface area contributed by atoms with Crippen molar-refractivity contribution in [2.45, 2.75) is 26.3 Å². The van der Waals surface area contributed by atoms with Crippen molar-refractivity contribution in [3.05, 3.63) is 39.9 Å². The molecule has 0 aromatic carbocycles. The van der Waals surface area contributed by atoms with Crippen LogP contribution in [0.2, 0.25) is 0 Å². The quantitative estimate of drug-likeness (QED) is 0.673. The van der Waals surface area contributed by atoms with Crippen molar-refractivity contribution in [3.8, 4) is 0 Å². The number of fused-ring (bicyclic) bond motifs is 1. The molecule has 0 aliphatic carbocycles. The number of hydrogen-bond acceptors (Lipinski definition) is 7. The highest BCUT2D eigenvalue weighted by Crippen LogP contribution is 2.18. The second-order valence-corrected chi connectivity index (χ2v) is 7.35. The maximum absolute atomic E-state index is 12.6. The van der Waals surface area contributed by atoms with Crippen LogP contribution < -0.4 is 15.4 Å². The zero-order valence-corrected chi connectivity index (χ0v) is 17.2. The molecule has 29 heavy (non-hydrogen) atoms. The Morgan fingerprint density at radius 2 is 2.03 bits per heavy atom. The van der Waals surface area contributed by atoms with E-state index in [1.807, 2.05) is 30.1 Å². The fraction of sp³-hybridized carbons (Fsp3) is 0.500. The molecule has 3 aromatic heterocycles. The third-order valence-electron chi connectivity index (χ3n) is 5.12. The Morgan fingerprint density at radius 1 is 1.24 bits per heavy atom. The Balaban J connectivity index is 1.60. The van der Waals surface area contributed by atoms with Crippen LogP contribution >= 0.6 is 0 Å². The van der Waals surface area contributed by atoms with Gasteiger partial charge in [0.05, 0.1) is 31.1 Å². The van der Waals surface area contributed by atoms with E-state index in [-0.39, 0.29) is 5.56 Å². The highest BCUT2D eigenvalue weighted by molar-refractivity contribution is 5.77. The van der Waals surface area contributed by atoms with E-state index in [2.05, 4.69) is 21.9 Å². The summed E-state index contributed by atoms with van der Waals surface area (Å²) in [5.74, 6) is 1.47. The first-order valence-electron chi connectivity index (χ1n) is 10.0. The zero-order valence-electron chi connectivity index (χ0n) is 17.2. The molecule has 1 fully saturated rings. The van der Waals surface area contributed by atoms with Crippen LogP contribution in [0.5, 0.6) is 0 Å². The van der Waals surface area contributed by atoms with Gasteiger partial charge in [-0.25, -0.2) is 9.97 Å². The fourth-order valence-corrected chi connectivity index (χ4v) is 3.66. The molecule has 1 aliphatic rings. The van der Waals surface area contributed by atoms with Gasteiger partial charge in [0.2, 0.25) is 5.95 Å². The van der Waals surface area contributed by atoms with Gasteiger partial charge in [0, 0.05) is 27.2 Å². The van der Waals surface area contributed by atoms with E-state index in [1.165, 1.54) is 0 Å². The molecule has 4 rings (SSSR count). The van der Waals surface area contributed by atoms with Crippen LogP contribution in [0.4, 0.5) is 11.8 Å². The molecule has 0 unspecified atom stereocenters. The Hall–Kier alpha value is -2.94. The lowest BCUT2D eigenvalue weighted by Crippen LogP contribution is -2.37. The number of rotatable bonds is 6. The lowest BCUT2D eigenvalue weighted by molar-refractivity contribution is 0.122. The van der Waals surface area contributed by atoms with Crippen molar-refractivity contribution in [2.75, 3.05) is 43.2 Å². The summed E-state index contributed by atoms with van der Waals surface area (Å²) in [6.45, 7) is 5.77. The van der Waals surface area contributed by atoms with Crippen LogP contribution in [0.25, 0.3) is 11.0 Å². The van der Waals surface area contributed by atoms with Gasteiger partial charge in [-0.15, -0.1) is 0 Å². The predicted octanol–water partition coefficient (Wildman–Crippen LogP) is 1.48. The first-order valence-corrected chi connectivity index (χ1v) is 10.0. The van der Waals surface area contributed by atoms with E-state index in [9.17, 15) is 4.79 Å². The summed E-state index contributed by atoms with van der Waals surface area (Å²) in [5, 5.41) is 4.48. The third-order valence-corrected chi connectivity index (χ3v) is 5.12. The van der Waals surface area contributed by atoms with Gasteiger partial charge in [-0.1, -0.05) is 19.4 Å². The van der Waals surface area contributed by atoms with Crippen LogP contribution in [-0.2, 0) is 24.8 Å². The van der Waals surface area contributed by atoms with E-state index < -0.39 is 0 Å². The summed E-state index contributed by atoms with van der Waals surface area (Å²) in [5.41, 5.74) is 2.79. The molecule has 1 aliphatic heterocycles. The molecule has 3 aromatic rings. The van der Waals surface area contributed by atoms with Crippen molar-refractivity contribution >= 4 is 22.8 Å². The van der Waals surface area contributed by atoms with E-state index in [0.717, 1.165) is 56.4 Å². The van der Waals surface area contributed by atoms with Gasteiger partial charge >= 0.3 is 0 Å². The molecule has 4 heterocycles. The first kappa shape index (κ1) is 19.4. The number of morpholine rings is 1. The number of anilines is 2. The predicted molar refractivity (Wildman–Crippen MR) is 113 cm³/mol. The molecule has 0 radical (unpaired) electrons. The molecular weight excluding hydrogens is 370 g/mol. The Morgan fingerprint density at radius 3 is 2.79 bits per heavy atom. The highest BCUT2D eigenvalue weighted by Gasteiger charge is 2.17. The van der Waals surface area contributed by atoms with Gasteiger partial charge in [-0.05, 0) is 18.6 Å². The van der Waals surface area contributed by atoms with Crippen LogP contribution in [0.3, 0.4) is 0 Å². The van der Waals surface area contributed by atoms with Crippen molar-refractivity contribution in [3.63, 3.8) is 0 Å². The zero-order chi connectivity index (χ0) is 20.4. The Kier molecular flexibility index (Phi) is 5.48. The lowest BCUT2D eigenvalue weighted by atomic mass is 10.2.